The Morgan fingerprint density at radius 1 is 1.00 bits per heavy atom. The first-order valence-corrected chi connectivity index (χ1v) is 10.0. The van der Waals surface area contributed by atoms with Crippen LogP contribution in [0.25, 0.3) is 10.9 Å². The van der Waals surface area contributed by atoms with Gasteiger partial charge in [0.05, 0.1) is 11.2 Å². The van der Waals surface area contributed by atoms with Gasteiger partial charge in [-0.25, -0.2) is 9.97 Å². The van der Waals surface area contributed by atoms with Crippen molar-refractivity contribution < 1.29 is 4.74 Å². The average molecular weight is 396 g/mol. The maximum atomic E-state index is 6.09. The zero-order valence-corrected chi connectivity index (χ0v) is 17.4. The Kier molecular flexibility index (Phi) is 5.70. The van der Waals surface area contributed by atoms with Crippen LogP contribution in [0.5, 0.6) is 11.5 Å². The minimum absolute atomic E-state index is 0.766. The van der Waals surface area contributed by atoms with Gasteiger partial charge in [0.2, 0.25) is 0 Å². The number of nitrogens with one attached hydrogen (secondary N) is 1. The van der Waals surface area contributed by atoms with E-state index in [1.54, 1.807) is 6.33 Å². The third-order valence-electron chi connectivity index (χ3n) is 4.70. The van der Waals surface area contributed by atoms with Gasteiger partial charge in [-0.3, -0.25) is 4.99 Å². The van der Waals surface area contributed by atoms with E-state index in [1.165, 1.54) is 5.56 Å². The lowest BCUT2D eigenvalue weighted by Crippen LogP contribution is -1.97. The van der Waals surface area contributed by atoms with Crippen molar-refractivity contribution in [2.75, 3.05) is 5.32 Å². The molecule has 0 spiro atoms. The van der Waals surface area contributed by atoms with Gasteiger partial charge in [0.15, 0.2) is 0 Å². The lowest BCUT2D eigenvalue weighted by molar-refractivity contribution is 0.479. The molecular formula is C25H24N4O. The van der Waals surface area contributed by atoms with Gasteiger partial charge in [-0.05, 0) is 68.3 Å². The SMILES string of the molecule is CCC=Nc1cccc(Oc2ccc(Nc3ncnc4ccc(C)cc34)cc2C)c1. The topological polar surface area (TPSA) is 59.4 Å². The monoisotopic (exact) mass is 396 g/mol. The lowest BCUT2D eigenvalue weighted by atomic mass is 10.1. The zero-order valence-electron chi connectivity index (χ0n) is 17.4. The van der Waals surface area contributed by atoms with Crippen LogP contribution < -0.4 is 10.1 Å². The van der Waals surface area contributed by atoms with Crippen LogP contribution in [-0.2, 0) is 0 Å². The molecule has 0 amide bonds. The Morgan fingerprint density at radius 2 is 1.90 bits per heavy atom. The van der Waals surface area contributed by atoms with Crippen LogP contribution in [0.1, 0.15) is 24.5 Å². The molecule has 0 atom stereocenters. The molecule has 0 saturated carbocycles. The van der Waals surface area contributed by atoms with Crippen molar-refractivity contribution in [1.29, 1.82) is 0 Å². The summed E-state index contributed by atoms with van der Waals surface area (Å²) < 4.78 is 6.09. The van der Waals surface area contributed by atoms with E-state index in [0.29, 0.717) is 0 Å². The van der Waals surface area contributed by atoms with Gasteiger partial charge < -0.3 is 10.1 Å². The van der Waals surface area contributed by atoms with Gasteiger partial charge in [0.25, 0.3) is 0 Å². The van der Waals surface area contributed by atoms with E-state index in [2.05, 4.69) is 52.3 Å². The lowest BCUT2D eigenvalue weighted by Gasteiger charge is -2.13. The fraction of sp³-hybridized carbons (Fsp3) is 0.160. The molecule has 0 saturated heterocycles. The van der Waals surface area contributed by atoms with Gasteiger partial charge in [0, 0.05) is 23.4 Å². The second kappa shape index (κ2) is 8.74. The van der Waals surface area contributed by atoms with Crippen LogP contribution in [0, 0.1) is 13.8 Å². The van der Waals surface area contributed by atoms with E-state index in [0.717, 1.165) is 51.6 Å². The Bertz CT molecular complexity index is 1220. The van der Waals surface area contributed by atoms with Gasteiger partial charge in [-0.15, -0.1) is 0 Å². The molecule has 5 nitrogen and oxygen atoms in total. The van der Waals surface area contributed by atoms with Crippen molar-refractivity contribution >= 4 is 34.3 Å². The van der Waals surface area contributed by atoms with E-state index in [-0.39, 0.29) is 0 Å². The van der Waals surface area contributed by atoms with Crippen molar-refractivity contribution in [1.82, 2.24) is 9.97 Å². The number of aliphatic imine (C=N–C) groups is 1. The molecule has 5 heteroatoms. The number of benzene rings is 3. The average Bonchev–Trinajstić information content (AvgIpc) is 2.75. The van der Waals surface area contributed by atoms with E-state index in [4.69, 9.17) is 4.74 Å². The Morgan fingerprint density at radius 3 is 2.73 bits per heavy atom. The van der Waals surface area contributed by atoms with Crippen LogP contribution in [-0.4, -0.2) is 16.2 Å². The first-order chi connectivity index (χ1) is 14.6. The second-order valence-corrected chi connectivity index (χ2v) is 7.17. The van der Waals surface area contributed by atoms with E-state index < -0.39 is 0 Å². The Balaban J connectivity index is 1.56. The molecule has 30 heavy (non-hydrogen) atoms. The molecule has 0 radical (unpaired) electrons. The normalized spacial score (nSPS) is 11.2. The molecule has 0 aliphatic carbocycles. The molecule has 4 aromatic rings. The highest BCUT2D eigenvalue weighted by atomic mass is 16.5. The highest BCUT2D eigenvalue weighted by Crippen LogP contribution is 2.31. The summed E-state index contributed by atoms with van der Waals surface area (Å²) in [5.74, 6) is 2.36. The van der Waals surface area contributed by atoms with E-state index in [1.807, 2.05) is 55.6 Å². The summed E-state index contributed by atoms with van der Waals surface area (Å²) in [7, 11) is 0. The summed E-state index contributed by atoms with van der Waals surface area (Å²) >= 11 is 0. The largest absolute Gasteiger partial charge is 0.457 e. The molecule has 3 aromatic carbocycles. The summed E-state index contributed by atoms with van der Waals surface area (Å²) in [6, 6.07) is 20.0. The standard InChI is InChI=1S/C25H24N4O/c1-4-12-26-19-6-5-7-21(15-19)30-24-11-9-20(14-18(24)3)29-25-22-13-17(2)8-10-23(22)27-16-28-25/h5-16H,4H2,1-3H3,(H,27,28,29). The predicted octanol–water partition coefficient (Wildman–Crippen LogP) is 6.89. The number of aromatic nitrogens is 2. The van der Waals surface area contributed by atoms with Crippen LogP contribution in [0.15, 0.2) is 72.0 Å². The van der Waals surface area contributed by atoms with Gasteiger partial charge in [0.1, 0.15) is 23.6 Å². The maximum Gasteiger partial charge on any atom is 0.141 e. The number of hydrogen-bond donors (Lipinski definition) is 1. The summed E-state index contributed by atoms with van der Waals surface area (Å²) in [5.41, 5.74) is 4.95. The van der Waals surface area contributed by atoms with Crippen LogP contribution in [0.3, 0.4) is 0 Å². The maximum absolute atomic E-state index is 6.09. The summed E-state index contributed by atoms with van der Waals surface area (Å²) in [6.45, 7) is 6.16. The first-order valence-electron chi connectivity index (χ1n) is 10.0. The first kappa shape index (κ1) is 19.6. The number of aryl methyl sites for hydroxylation is 2. The fourth-order valence-electron chi connectivity index (χ4n) is 3.20. The minimum atomic E-state index is 0.766. The Hall–Kier alpha value is -3.73. The molecular weight excluding hydrogens is 372 g/mol. The third kappa shape index (κ3) is 4.46. The molecule has 1 aromatic heterocycles. The number of anilines is 2. The Labute approximate surface area is 176 Å². The fourth-order valence-corrected chi connectivity index (χ4v) is 3.20. The van der Waals surface area contributed by atoms with Crippen molar-refractivity contribution in [3.8, 4) is 11.5 Å². The predicted molar refractivity (Wildman–Crippen MR) is 124 cm³/mol. The van der Waals surface area contributed by atoms with Crippen molar-refractivity contribution in [3.63, 3.8) is 0 Å². The second-order valence-electron chi connectivity index (χ2n) is 7.17. The minimum Gasteiger partial charge on any atom is -0.457 e. The van der Waals surface area contributed by atoms with E-state index >= 15 is 0 Å². The molecule has 150 valence electrons. The van der Waals surface area contributed by atoms with Crippen molar-refractivity contribution in [2.24, 2.45) is 4.99 Å². The molecule has 1 N–H and O–H groups in total. The molecule has 4 rings (SSSR count). The number of fused-ring (bicyclic) bond motifs is 1. The molecule has 0 fully saturated rings. The van der Waals surface area contributed by atoms with Crippen molar-refractivity contribution in [3.05, 3.63) is 78.1 Å². The zero-order chi connectivity index (χ0) is 20.9. The molecule has 0 aliphatic rings. The van der Waals surface area contributed by atoms with Gasteiger partial charge in [-0.2, -0.15) is 0 Å². The molecule has 1 heterocycles. The molecule has 0 bridgehead atoms. The third-order valence-corrected chi connectivity index (χ3v) is 4.70. The van der Waals surface area contributed by atoms with Crippen LogP contribution in [0.4, 0.5) is 17.2 Å². The van der Waals surface area contributed by atoms with Gasteiger partial charge in [-0.1, -0.05) is 24.6 Å². The number of nitrogens with zero attached hydrogens (tertiary/aromatic N) is 3. The molecule has 0 aliphatic heterocycles. The highest BCUT2D eigenvalue weighted by Gasteiger charge is 2.07. The number of rotatable bonds is 6. The number of ether oxygens (including phenoxy) is 1. The highest BCUT2D eigenvalue weighted by molar-refractivity contribution is 5.91. The van der Waals surface area contributed by atoms with Crippen molar-refractivity contribution in [2.45, 2.75) is 27.2 Å². The van der Waals surface area contributed by atoms with Crippen LogP contribution in [0.2, 0.25) is 0 Å². The number of hydrogen-bond acceptors (Lipinski definition) is 5. The summed E-state index contributed by atoms with van der Waals surface area (Å²) in [4.78, 5) is 13.2. The molecule has 0 unspecified atom stereocenters. The summed E-state index contributed by atoms with van der Waals surface area (Å²) in [6.07, 6.45) is 4.38. The smallest absolute Gasteiger partial charge is 0.141 e. The van der Waals surface area contributed by atoms with Gasteiger partial charge >= 0.3 is 0 Å². The van der Waals surface area contributed by atoms with Crippen LogP contribution >= 0.6 is 0 Å². The quantitative estimate of drug-likeness (QED) is 0.360. The van der Waals surface area contributed by atoms with E-state index in [9.17, 15) is 0 Å². The summed E-state index contributed by atoms with van der Waals surface area (Å²) in [5, 5.41) is 4.41.